The number of allylic oxidation sites excluding steroid dienone is 2. The Balaban J connectivity index is 2.12. The van der Waals surface area contributed by atoms with Crippen molar-refractivity contribution in [1.82, 2.24) is 0 Å². The number of hydrogen-bond acceptors (Lipinski definition) is 1. The molecule has 0 aliphatic carbocycles. The molecule has 1 fully saturated rings. The lowest BCUT2D eigenvalue weighted by molar-refractivity contribution is -0.137. The molecule has 0 bridgehead atoms. The molecule has 1 aliphatic heterocycles. The average molecular weight is 140 g/mol. The average Bonchev–Trinajstić information content (AvgIpc) is 1.85. The van der Waals surface area contributed by atoms with Gasteiger partial charge in [-0.05, 0) is 33.1 Å². The summed E-state index contributed by atoms with van der Waals surface area (Å²) in [6.45, 7) is 5.22. The van der Waals surface area contributed by atoms with Crippen LogP contribution in [0.5, 0.6) is 0 Å². The van der Waals surface area contributed by atoms with Gasteiger partial charge in [-0.25, -0.2) is 0 Å². The number of rotatable bonds is 3. The molecule has 0 spiro atoms. The van der Waals surface area contributed by atoms with Crippen LogP contribution in [0.3, 0.4) is 0 Å². The third kappa shape index (κ3) is 1.84. The van der Waals surface area contributed by atoms with Crippen LogP contribution in [-0.2, 0) is 4.74 Å². The highest BCUT2D eigenvalue weighted by atomic mass is 16.5. The highest BCUT2D eigenvalue weighted by Gasteiger charge is 2.31. The van der Waals surface area contributed by atoms with Gasteiger partial charge in [0.2, 0.25) is 0 Å². The highest BCUT2D eigenvalue weighted by Crippen LogP contribution is 2.30. The minimum atomic E-state index is 0.222. The van der Waals surface area contributed by atoms with Crippen LogP contribution in [0.4, 0.5) is 0 Å². The van der Waals surface area contributed by atoms with Crippen LogP contribution in [0.25, 0.3) is 0 Å². The summed E-state index contributed by atoms with van der Waals surface area (Å²) in [4.78, 5) is 0. The van der Waals surface area contributed by atoms with Gasteiger partial charge in [-0.2, -0.15) is 0 Å². The Morgan fingerprint density at radius 1 is 1.60 bits per heavy atom. The van der Waals surface area contributed by atoms with Crippen molar-refractivity contribution >= 4 is 0 Å². The molecule has 0 aromatic rings. The van der Waals surface area contributed by atoms with Gasteiger partial charge >= 0.3 is 0 Å². The molecule has 58 valence electrons. The van der Waals surface area contributed by atoms with Gasteiger partial charge < -0.3 is 4.74 Å². The summed E-state index contributed by atoms with van der Waals surface area (Å²) in [5.74, 6) is 0. The molecule has 0 aromatic heterocycles. The summed E-state index contributed by atoms with van der Waals surface area (Å²) >= 11 is 0. The molecule has 0 aromatic carbocycles. The van der Waals surface area contributed by atoms with Gasteiger partial charge in [0, 0.05) is 0 Å². The van der Waals surface area contributed by atoms with Gasteiger partial charge in [0.1, 0.15) is 0 Å². The lowest BCUT2D eigenvalue weighted by Crippen LogP contribution is -2.40. The molecule has 1 atom stereocenters. The van der Waals surface area contributed by atoms with Gasteiger partial charge in [0.25, 0.3) is 0 Å². The second kappa shape index (κ2) is 3.20. The molecule has 0 amide bonds. The fourth-order valence-electron chi connectivity index (χ4n) is 1.20. The third-order valence-corrected chi connectivity index (χ3v) is 2.16. The third-order valence-electron chi connectivity index (χ3n) is 2.16. The number of ether oxygens (including phenoxy) is 1. The first-order valence-corrected chi connectivity index (χ1v) is 4.02. The van der Waals surface area contributed by atoms with E-state index in [1.165, 1.54) is 12.8 Å². The van der Waals surface area contributed by atoms with E-state index in [1.807, 2.05) is 0 Å². The minimum absolute atomic E-state index is 0.222. The predicted molar refractivity (Wildman–Crippen MR) is 43.0 cm³/mol. The molecule has 1 saturated heterocycles. The zero-order chi connectivity index (χ0) is 7.45. The highest BCUT2D eigenvalue weighted by molar-refractivity contribution is 4.87. The van der Waals surface area contributed by atoms with Gasteiger partial charge in [-0.15, -0.1) is 0 Å². The van der Waals surface area contributed by atoms with E-state index in [4.69, 9.17) is 4.74 Å². The first-order valence-electron chi connectivity index (χ1n) is 4.02. The van der Waals surface area contributed by atoms with Crippen molar-refractivity contribution in [3.05, 3.63) is 12.2 Å². The molecule has 1 unspecified atom stereocenters. The largest absolute Gasteiger partial charge is 0.375 e. The van der Waals surface area contributed by atoms with Crippen LogP contribution in [0.15, 0.2) is 12.2 Å². The van der Waals surface area contributed by atoms with Crippen molar-refractivity contribution in [1.29, 1.82) is 0 Å². The zero-order valence-corrected chi connectivity index (χ0v) is 6.89. The Labute approximate surface area is 63.1 Å². The maximum absolute atomic E-state index is 5.43. The van der Waals surface area contributed by atoms with E-state index in [2.05, 4.69) is 26.0 Å². The standard InChI is InChI=1S/C9H16O/c1-3-4-5-6-9(2)7-8-10-9/h3-4H,5-8H2,1-2H3/b4-3+. The number of hydrogen-bond donors (Lipinski definition) is 0. The smallest absolute Gasteiger partial charge is 0.0679 e. The Hall–Kier alpha value is -0.300. The summed E-state index contributed by atoms with van der Waals surface area (Å²) in [6.07, 6.45) is 7.88. The van der Waals surface area contributed by atoms with E-state index in [0.29, 0.717) is 0 Å². The molecule has 1 heteroatoms. The lowest BCUT2D eigenvalue weighted by Gasteiger charge is -2.38. The Morgan fingerprint density at radius 3 is 2.70 bits per heavy atom. The van der Waals surface area contributed by atoms with E-state index in [0.717, 1.165) is 13.0 Å². The molecule has 0 saturated carbocycles. The Kier molecular flexibility index (Phi) is 2.50. The first-order chi connectivity index (χ1) is 4.77. The van der Waals surface area contributed by atoms with Crippen LogP contribution >= 0.6 is 0 Å². The van der Waals surface area contributed by atoms with E-state index in [1.54, 1.807) is 0 Å². The van der Waals surface area contributed by atoms with E-state index in [-0.39, 0.29) is 5.60 Å². The second-order valence-electron chi connectivity index (χ2n) is 3.16. The summed E-state index contributed by atoms with van der Waals surface area (Å²) in [7, 11) is 0. The maximum atomic E-state index is 5.43. The molecule has 10 heavy (non-hydrogen) atoms. The normalized spacial score (nSPS) is 32.6. The molecular formula is C9H16O. The Bertz CT molecular complexity index is 123. The van der Waals surface area contributed by atoms with E-state index in [9.17, 15) is 0 Å². The zero-order valence-electron chi connectivity index (χ0n) is 6.89. The SMILES string of the molecule is C/C=C/CCC1(C)CCO1. The van der Waals surface area contributed by atoms with Crippen LogP contribution in [0.1, 0.15) is 33.1 Å². The summed E-state index contributed by atoms with van der Waals surface area (Å²) < 4.78 is 5.43. The van der Waals surface area contributed by atoms with Crippen LogP contribution in [0, 0.1) is 0 Å². The van der Waals surface area contributed by atoms with Crippen molar-refractivity contribution in [2.75, 3.05) is 6.61 Å². The maximum Gasteiger partial charge on any atom is 0.0679 e. The quantitative estimate of drug-likeness (QED) is 0.547. The van der Waals surface area contributed by atoms with Gasteiger partial charge in [-0.3, -0.25) is 0 Å². The molecule has 1 heterocycles. The van der Waals surface area contributed by atoms with E-state index >= 15 is 0 Å². The summed E-state index contributed by atoms with van der Waals surface area (Å²) in [6, 6.07) is 0. The van der Waals surface area contributed by atoms with Gasteiger partial charge in [0.05, 0.1) is 12.2 Å². The second-order valence-corrected chi connectivity index (χ2v) is 3.16. The fraction of sp³-hybridized carbons (Fsp3) is 0.778. The topological polar surface area (TPSA) is 9.23 Å². The lowest BCUT2D eigenvalue weighted by atomic mass is 9.92. The van der Waals surface area contributed by atoms with Crippen molar-refractivity contribution < 1.29 is 4.74 Å². The molecule has 1 nitrogen and oxygen atoms in total. The molecule has 1 aliphatic rings. The molecule has 0 radical (unpaired) electrons. The molecule has 0 N–H and O–H groups in total. The van der Waals surface area contributed by atoms with Crippen molar-refractivity contribution in [3.8, 4) is 0 Å². The monoisotopic (exact) mass is 140 g/mol. The minimum Gasteiger partial charge on any atom is -0.375 e. The van der Waals surface area contributed by atoms with Crippen molar-refractivity contribution in [2.24, 2.45) is 0 Å². The Morgan fingerprint density at radius 2 is 2.30 bits per heavy atom. The fourth-order valence-corrected chi connectivity index (χ4v) is 1.20. The van der Waals surface area contributed by atoms with Crippen molar-refractivity contribution in [2.45, 2.75) is 38.7 Å². The predicted octanol–water partition coefficient (Wildman–Crippen LogP) is 2.52. The van der Waals surface area contributed by atoms with E-state index < -0.39 is 0 Å². The van der Waals surface area contributed by atoms with Crippen LogP contribution < -0.4 is 0 Å². The van der Waals surface area contributed by atoms with Crippen molar-refractivity contribution in [3.63, 3.8) is 0 Å². The van der Waals surface area contributed by atoms with Gasteiger partial charge in [0.15, 0.2) is 0 Å². The summed E-state index contributed by atoms with van der Waals surface area (Å²) in [5.41, 5.74) is 0.222. The van der Waals surface area contributed by atoms with Crippen LogP contribution in [0.2, 0.25) is 0 Å². The molecule has 1 rings (SSSR count). The van der Waals surface area contributed by atoms with Crippen LogP contribution in [-0.4, -0.2) is 12.2 Å². The molecular weight excluding hydrogens is 124 g/mol. The van der Waals surface area contributed by atoms with Gasteiger partial charge in [-0.1, -0.05) is 12.2 Å². The summed E-state index contributed by atoms with van der Waals surface area (Å²) in [5, 5.41) is 0. The first kappa shape index (κ1) is 7.80.